The van der Waals surface area contributed by atoms with Crippen molar-refractivity contribution < 1.29 is 0 Å². The molecule has 0 saturated heterocycles. The Hall–Kier alpha value is -4.14. The van der Waals surface area contributed by atoms with E-state index in [9.17, 15) is 0 Å². The SMILES string of the molecule is CC.Cc1cc(C#Cc2ccc(N(C)C)cc2)c2ccccc2c1C#Cc1ccc(N(C)C)cc1. The van der Waals surface area contributed by atoms with E-state index in [0.29, 0.717) is 0 Å². The Bertz CT molecular complexity index is 1400. The highest BCUT2D eigenvalue weighted by Gasteiger charge is 2.07. The Labute approximate surface area is 211 Å². The summed E-state index contributed by atoms with van der Waals surface area (Å²) in [7, 11) is 8.16. The maximum absolute atomic E-state index is 3.42. The van der Waals surface area contributed by atoms with Crippen LogP contribution in [0.15, 0.2) is 78.9 Å². The van der Waals surface area contributed by atoms with Gasteiger partial charge in [-0.2, -0.15) is 0 Å². The van der Waals surface area contributed by atoms with Gasteiger partial charge in [-0.1, -0.05) is 61.8 Å². The van der Waals surface area contributed by atoms with Gasteiger partial charge in [0.15, 0.2) is 0 Å². The molecule has 2 nitrogen and oxygen atoms in total. The lowest BCUT2D eigenvalue weighted by atomic mass is 9.95. The summed E-state index contributed by atoms with van der Waals surface area (Å²) in [6.07, 6.45) is 0. The fraction of sp³-hybridized carbons (Fsp3) is 0.212. The predicted molar refractivity (Wildman–Crippen MR) is 154 cm³/mol. The van der Waals surface area contributed by atoms with Gasteiger partial charge in [-0.15, -0.1) is 0 Å². The Balaban J connectivity index is 0.00000167. The molecule has 0 spiro atoms. The minimum Gasteiger partial charge on any atom is -0.378 e. The quantitative estimate of drug-likeness (QED) is 0.295. The monoisotopic (exact) mass is 458 g/mol. The third-order valence-electron chi connectivity index (χ3n) is 5.68. The molecule has 0 saturated carbocycles. The summed E-state index contributed by atoms with van der Waals surface area (Å²) in [5, 5.41) is 2.27. The second-order valence-electron chi connectivity index (χ2n) is 8.54. The van der Waals surface area contributed by atoms with Crippen LogP contribution in [-0.4, -0.2) is 28.2 Å². The van der Waals surface area contributed by atoms with Gasteiger partial charge in [0.2, 0.25) is 0 Å². The normalized spacial score (nSPS) is 9.69. The van der Waals surface area contributed by atoms with Gasteiger partial charge in [-0.05, 0) is 77.9 Å². The smallest absolute Gasteiger partial charge is 0.0361 e. The first-order valence-electron chi connectivity index (χ1n) is 12.0. The third kappa shape index (κ3) is 6.26. The highest BCUT2D eigenvalue weighted by molar-refractivity contribution is 5.94. The van der Waals surface area contributed by atoms with Crippen LogP contribution in [0.1, 0.15) is 41.7 Å². The van der Waals surface area contributed by atoms with Crippen LogP contribution >= 0.6 is 0 Å². The summed E-state index contributed by atoms with van der Waals surface area (Å²) >= 11 is 0. The van der Waals surface area contributed by atoms with Crippen LogP contribution in [0.3, 0.4) is 0 Å². The average Bonchev–Trinajstić information content (AvgIpc) is 2.88. The van der Waals surface area contributed by atoms with Crippen molar-refractivity contribution >= 4 is 22.1 Å². The molecule has 35 heavy (non-hydrogen) atoms. The number of benzene rings is 4. The van der Waals surface area contributed by atoms with Crippen LogP contribution in [0.5, 0.6) is 0 Å². The zero-order chi connectivity index (χ0) is 25.4. The molecule has 0 N–H and O–H groups in total. The predicted octanol–water partition coefficient (Wildman–Crippen LogP) is 7.11. The maximum atomic E-state index is 3.42. The zero-order valence-corrected chi connectivity index (χ0v) is 21.9. The lowest BCUT2D eigenvalue weighted by Crippen LogP contribution is -2.07. The zero-order valence-electron chi connectivity index (χ0n) is 21.9. The number of hydrogen-bond donors (Lipinski definition) is 0. The van der Waals surface area contributed by atoms with Crippen molar-refractivity contribution in [3.63, 3.8) is 0 Å². The van der Waals surface area contributed by atoms with Gasteiger partial charge in [0.05, 0.1) is 0 Å². The number of nitrogens with zero attached hydrogens (tertiary/aromatic N) is 2. The van der Waals surface area contributed by atoms with E-state index < -0.39 is 0 Å². The molecule has 4 rings (SSSR count). The van der Waals surface area contributed by atoms with Crippen LogP contribution in [-0.2, 0) is 0 Å². The van der Waals surface area contributed by atoms with E-state index in [1.807, 2.05) is 42.0 Å². The van der Waals surface area contributed by atoms with Crippen LogP contribution in [0.2, 0.25) is 0 Å². The number of fused-ring (bicyclic) bond motifs is 1. The summed E-state index contributed by atoms with van der Waals surface area (Å²) in [5.41, 5.74) is 7.58. The van der Waals surface area contributed by atoms with Crippen molar-refractivity contribution in [3.05, 3.63) is 107 Å². The molecule has 4 aromatic rings. The van der Waals surface area contributed by atoms with Crippen molar-refractivity contribution in [2.45, 2.75) is 20.8 Å². The first kappa shape index (κ1) is 25.5. The van der Waals surface area contributed by atoms with E-state index in [1.54, 1.807) is 0 Å². The fourth-order valence-corrected chi connectivity index (χ4v) is 3.74. The second kappa shape index (κ2) is 11.8. The highest BCUT2D eigenvalue weighted by atomic mass is 15.1. The molecule has 0 amide bonds. The number of anilines is 2. The standard InChI is InChI=1S/C31H28N2.C2H6/c1-23-22-26(16-10-24-11-17-27(18-12-24)32(2)3)30-8-6-7-9-31(30)29(23)21-15-25-13-19-28(20-14-25)33(4)5;1-2/h6-9,11-14,17-20,22H,1-5H3;1-2H3. The molecule has 0 aromatic heterocycles. The molecule has 176 valence electrons. The van der Waals surface area contributed by atoms with Crippen molar-refractivity contribution in [1.29, 1.82) is 0 Å². The summed E-state index contributed by atoms with van der Waals surface area (Å²) in [5.74, 6) is 13.5. The molecular formula is C33H34N2. The largest absolute Gasteiger partial charge is 0.378 e. The second-order valence-corrected chi connectivity index (χ2v) is 8.54. The van der Waals surface area contributed by atoms with Gasteiger partial charge in [-0.25, -0.2) is 0 Å². The van der Waals surface area contributed by atoms with Crippen molar-refractivity contribution in [2.24, 2.45) is 0 Å². The van der Waals surface area contributed by atoms with E-state index in [4.69, 9.17) is 0 Å². The Morgan fingerprint density at radius 3 is 1.49 bits per heavy atom. The van der Waals surface area contributed by atoms with Gasteiger partial charge in [0.1, 0.15) is 0 Å². The van der Waals surface area contributed by atoms with E-state index in [1.165, 1.54) is 11.4 Å². The molecule has 0 bridgehead atoms. The maximum Gasteiger partial charge on any atom is 0.0361 e. The highest BCUT2D eigenvalue weighted by Crippen LogP contribution is 2.25. The van der Waals surface area contributed by atoms with Gasteiger partial charge < -0.3 is 9.80 Å². The molecule has 0 radical (unpaired) electrons. The number of aryl methyl sites for hydroxylation is 1. The first-order valence-corrected chi connectivity index (χ1v) is 12.0. The Morgan fingerprint density at radius 1 is 0.543 bits per heavy atom. The van der Waals surface area contributed by atoms with Crippen molar-refractivity contribution in [1.82, 2.24) is 0 Å². The summed E-state index contributed by atoms with van der Waals surface area (Å²) in [6, 6.07) is 27.2. The molecule has 0 unspecified atom stereocenters. The van der Waals surface area contributed by atoms with Crippen LogP contribution in [0.4, 0.5) is 11.4 Å². The Kier molecular flexibility index (Phi) is 8.61. The van der Waals surface area contributed by atoms with Gasteiger partial charge in [-0.3, -0.25) is 0 Å². The van der Waals surface area contributed by atoms with Crippen molar-refractivity contribution in [2.75, 3.05) is 38.0 Å². The van der Waals surface area contributed by atoms with E-state index in [-0.39, 0.29) is 0 Å². The molecular weight excluding hydrogens is 424 g/mol. The average molecular weight is 459 g/mol. The van der Waals surface area contributed by atoms with Gasteiger partial charge in [0, 0.05) is 61.8 Å². The molecule has 0 aliphatic carbocycles. The van der Waals surface area contributed by atoms with E-state index >= 15 is 0 Å². The minimum atomic E-state index is 1.01. The number of hydrogen-bond acceptors (Lipinski definition) is 2. The van der Waals surface area contributed by atoms with Crippen LogP contribution in [0.25, 0.3) is 10.8 Å². The topological polar surface area (TPSA) is 6.48 Å². The first-order chi connectivity index (χ1) is 16.9. The molecule has 4 aromatic carbocycles. The van der Waals surface area contributed by atoms with E-state index in [0.717, 1.165) is 38.6 Å². The Morgan fingerprint density at radius 2 is 1.00 bits per heavy atom. The van der Waals surface area contributed by atoms with Crippen molar-refractivity contribution in [3.8, 4) is 23.7 Å². The molecule has 0 fully saturated rings. The minimum absolute atomic E-state index is 1.01. The molecule has 0 aliphatic rings. The fourth-order valence-electron chi connectivity index (χ4n) is 3.74. The van der Waals surface area contributed by atoms with Gasteiger partial charge >= 0.3 is 0 Å². The lowest BCUT2D eigenvalue weighted by Gasteiger charge is -2.11. The number of rotatable bonds is 2. The van der Waals surface area contributed by atoms with Crippen LogP contribution in [0, 0.1) is 30.6 Å². The molecule has 2 heteroatoms. The molecule has 0 atom stereocenters. The summed E-state index contributed by atoms with van der Waals surface area (Å²) < 4.78 is 0. The van der Waals surface area contributed by atoms with Gasteiger partial charge in [0.25, 0.3) is 0 Å². The van der Waals surface area contributed by atoms with Crippen LogP contribution < -0.4 is 9.80 Å². The lowest BCUT2D eigenvalue weighted by molar-refractivity contribution is 1.13. The third-order valence-corrected chi connectivity index (χ3v) is 5.68. The molecule has 0 heterocycles. The summed E-state index contributed by atoms with van der Waals surface area (Å²) in [6.45, 7) is 6.11. The van der Waals surface area contributed by atoms with E-state index in [2.05, 4.69) is 119 Å². The molecule has 0 aliphatic heterocycles. The summed E-state index contributed by atoms with van der Waals surface area (Å²) in [4.78, 5) is 4.18.